The van der Waals surface area contributed by atoms with E-state index in [9.17, 15) is 9.59 Å². The average Bonchev–Trinajstić information content (AvgIpc) is 2.98. The van der Waals surface area contributed by atoms with E-state index in [1.54, 1.807) is 18.2 Å². The highest BCUT2D eigenvalue weighted by atomic mass is 35.5. The molecule has 0 aliphatic rings. The molecule has 0 unspecified atom stereocenters. The van der Waals surface area contributed by atoms with Crippen LogP contribution in [0.3, 0.4) is 0 Å². The Morgan fingerprint density at radius 2 is 2.12 bits per heavy atom. The lowest BCUT2D eigenvalue weighted by atomic mass is 10.2. The van der Waals surface area contributed by atoms with Gasteiger partial charge in [0.25, 0.3) is 5.56 Å². The number of benzene rings is 1. The first-order valence-corrected chi connectivity index (χ1v) is 8.70. The number of aryl methyl sites for hydroxylation is 1. The van der Waals surface area contributed by atoms with Gasteiger partial charge in [0.15, 0.2) is 0 Å². The molecule has 0 saturated carbocycles. The van der Waals surface area contributed by atoms with Gasteiger partial charge in [0.05, 0.1) is 16.8 Å². The molecular formula is C17H15ClN2O3S. The first kappa shape index (κ1) is 16.7. The third-order valence-electron chi connectivity index (χ3n) is 3.71. The van der Waals surface area contributed by atoms with Gasteiger partial charge >= 0.3 is 5.97 Å². The summed E-state index contributed by atoms with van der Waals surface area (Å²) in [5.74, 6) is -0.560. The molecule has 1 aromatic carbocycles. The van der Waals surface area contributed by atoms with Gasteiger partial charge < -0.3 is 5.11 Å². The van der Waals surface area contributed by atoms with Gasteiger partial charge in [-0.05, 0) is 24.6 Å². The second-order valence-corrected chi connectivity index (χ2v) is 6.82. The predicted molar refractivity (Wildman–Crippen MR) is 96.0 cm³/mol. The van der Waals surface area contributed by atoms with Crippen LogP contribution in [-0.2, 0) is 17.8 Å². The van der Waals surface area contributed by atoms with Crippen LogP contribution >= 0.6 is 22.9 Å². The van der Waals surface area contributed by atoms with Gasteiger partial charge in [-0.3, -0.25) is 14.2 Å². The van der Waals surface area contributed by atoms with Gasteiger partial charge in [-0.25, -0.2) is 4.98 Å². The number of carboxylic acid groups (broad SMARTS) is 1. The number of aliphatic carboxylic acids is 1. The molecule has 0 atom stereocenters. The van der Waals surface area contributed by atoms with Gasteiger partial charge in [0.2, 0.25) is 0 Å². The van der Waals surface area contributed by atoms with E-state index in [0.29, 0.717) is 26.6 Å². The smallest absolute Gasteiger partial charge is 0.305 e. The maximum absolute atomic E-state index is 12.9. The second-order valence-electron chi connectivity index (χ2n) is 5.30. The summed E-state index contributed by atoms with van der Waals surface area (Å²) in [4.78, 5) is 30.2. The molecule has 1 N–H and O–H groups in total. The lowest BCUT2D eigenvalue weighted by Gasteiger charge is -2.12. The summed E-state index contributed by atoms with van der Waals surface area (Å²) in [6.45, 7) is 2.07. The number of carbonyl (C=O) groups is 1. The van der Waals surface area contributed by atoms with E-state index < -0.39 is 5.97 Å². The van der Waals surface area contributed by atoms with Gasteiger partial charge in [-0.1, -0.05) is 30.7 Å². The SMILES string of the molecule is CCc1cc2c(=O)n(CCC(=O)O)c(-c3ccccc3Cl)nc2s1. The van der Waals surface area contributed by atoms with Gasteiger partial charge in [-0.15, -0.1) is 11.3 Å². The van der Waals surface area contributed by atoms with E-state index in [-0.39, 0.29) is 18.5 Å². The van der Waals surface area contributed by atoms with Crippen molar-refractivity contribution in [3.8, 4) is 11.4 Å². The number of fused-ring (bicyclic) bond motifs is 1. The normalized spacial score (nSPS) is 11.1. The molecule has 124 valence electrons. The minimum absolute atomic E-state index is 0.0506. The van der Waals surface area contributed by atoms with Crippen LogP contribution in [0.4, 0.5) is 0 Å². The number of hydrogen-bond acceptors (Lipinski definition) is 4. The molecule has 0 radical (unpaired) electrons. The molecule has 0 aliphatic heterocycles. The van der Waals surface area contributed by atoms with E-state index in [2.05, 4.69) is 4.98 Å². The van der Waals surface area contributed by atoms with Gasteiger partial charge in [0.1, 0.15) is 10.7 Å². The number of carboxylic acids is 1. The van der Waals surface area contributed by atoms with Crippen molar-refractivity contribution in [3.63, 3.8) is 0 Å². The van der Waals surface area contributed by atoms with Crippen LogP contribution in [0.25, 0.3) is 21.6 Å². The van der Waals surface area contributed by atoms with Gasteiger partial charge in [-0.2, -0.15) is 0 Å². The summed E-state index contributed by atoms with van der Waals surface area (Å²) < 4.78 is 1.41. The molecule has 0 bridgehead atoms. The Morgan fingerprint density at radius 1 is 1.38 bits per heavy atom. The molecule has 3 aromatic rings. The van der Waals surface area contributed by atoms with Crippen LogP contribution in [-0.4, -0.2) is 20.6 Å². The zero-order valence-electron chi connectivity index (χ0n) is 13.0. The molecule has 0 saturated heterocycles. The van der Waals surface area contributed by atoms with E-state index in [1.807, 2.05) is 19.1 Å². The van der Waals surface area contributed by atoms with Crippen LogP contribution in [0, 0.1) is 0 Å². The van der Waals surface area contributed by atoms with Crippen LogP contribution in [0.15, 0.2) is 35.1 Å². The number of aromatic nitrogens is 2. The predicted octanol–water partition coefficient (Wildman–Crippen LogP) is 3.82. The molecule has 0 amide bonds. The van der Waals surface area contributed by atoms with Gasteiger partial charge in [0, 0.05) is 17.0 Å². The zero-order valence-corrected chi connectivity index (χ0v) is 14.5. The summed E-state index contributed by atoms with van der Waals surface area (Å²) in [6, 6.07) is 8.95. The highest BCUT2D eigenvalue weighted by Crippen LogP contribution is 2.29. The quantitative estimate of drug-likeness (QED) is 0.749. The maximum atomic E-state index is 12.9. The molecule has 2 aromatic heterocycles. The molecular weight excluding hydrogens is 348 g/mol. The molecule has 0 spiro atoms. The van der Waals surface area contributed by atoms with Crippen molar-refractivity contribution in [1.82, 2.24) is 9.55 Å². The van der Waals surface area contributed by atoms with E-state index >= 15 is 0 Å². The minimum atomic E-state index is -0.966. The Bertz CT molecular complexity index is 978. The monoisotopic (exact) mass is 362 g/mol. The van der Waals surface area contributed by atoms with Crippen LogP contribution < -0.4 is 5.56 Å². The molecule has 0 aliphatic carbocycles. The number of nitrogens with zero attached hydrogens (tertiary/aromatic N) is 2. The van der Waals surface area contributed by atoms with Crippen LogP contribution in [0.1, 0.15) is 18.2 Å². The zero-order chi connectivity index (χ0) is 17.3. The molecule has 5 nitrogen and oxygen atoms in total. The fourth-order valence-electron chi connectivity index (χ4n) is 2.50. The van der Waals surface area contributed by atoms with Crippen LogP contribution in [0.5, 0.6) is 0 Å². The van der Waals surface area contributed by atoms with Crippen molar-refractivity contribution in [3.05, 3.63) is 50.6 Å². The molecule has 24 heavy (non-hydrogen) atoms. The molecule has 0 fully saturated rings. The first-order valence-electron chi connectivity index (χ1n) is 7.51. The lowest BCUT2D eigenvalue weighted by molar-refractivity contribution is -0.137. The Balaban J connectivity index is 2.28. The number of thiophene rings is 1. The van der Waals surface area contributed by atoms with Crippen molar-refractivity contribution in [1.29, 1.82) is 0 Å². The van der Waals surface area contributed by atoms with Crippen molar-refractivity contribution in [2.24, 2.45) is 0 Å². The summed E-state index contributed by atoms with van der Waals surface area (Å²) in [6.07, 6.45) is 0.659. The number of halogens is 1. The molecule has 7 heteroatoms. The largest absolute Gasteiger partial charge is 0.481 e. The average molecular weight is 363 g/mol. The third kappa shape index (κ3) is 3.07. The number of hydrogen-bond donors (Lipinski definition) is 1. The third-order valence-corrected chi connectivity index (χ3v) is 5.22. The Labute approximate surface area is 147 Å². The Morgan fingerprint density at radius 3 is 2.79 bits per heavy atom. The van der Waals surface area contributed by atoms with E-state index in [0.717, 1.165) is 11.3 Å². The van der Waals surface area contributed by atoms with E-state index in [1.165, 1.54) is 15.9 Å². The maximum Gasteiger partial charge on any atom is 0.305 e. The fraction of sp³-hybridized carbons (Fsp3) is 0.235. The topological polar surface area (TPSA) is 72.2 Å². The van der Waals surface area contributed by atoms with Crippen molar-refractivity contribution < 1.29 is 9.90 Å². The molecule has 2 heterocycles. The van der Waals surface area contributed by atoms with Crippen molar-refractivity contribution in [2.75, 3.05) is 0 Å². The second kappa shape index (κ2) is 6.75. The highest BCUT2D eigenvalue weighted by molar-refractivity contribution is 7.18. The minimum Gasteiger partial charge on any atom is -0.481 e. The summed E-state index contributed by atoms with van der Waals surface area (Å²) in [5, 5.41) is 9.98. The lowest BCUT2D eigenvalue weighted by Crippen LogP contribution is -2.24. The summed E-state index contributed by atoms with van der Waals surface area (Å²) >= 11 is 7.74. The fourth-order valence-corrected chi connectivity index (χ4v) is 3.68. The Hall–Kier alpha value is -2.18. The van der Waals surface area contributed by atoms with E-state index in [4.69, 9.17) is 16.7 Å². The first-order chi connectivity index (χ1) is 11.5. The van der Waals surface area contributed by atoms with Crippen molar-refractivity contribution in [2.45, 2.75) is 26.3 Å². The molecule has 3 rings (SSSR count). The summed E-state index contributed by atoms with van der Waals surface area (Å²) in [7, 11) is 0. The summed E-state index contributed by atoms with van der Waals surface area (Å²) in [5.41, 5.74) is 0.391. The van der Waals surface area contributed by atoms with Crippen molar-refractivity contribution >= 4 is 39.1 Å². The standard InChI is InChI=1S/C17H15ClN2O3S/c1-2-10-9-12-16(24-10)19-15(11-5-3-4-6-13(11)18)20(17(12)23)8-7-14(21)22/h3-6,9H,2,7-8H2,1H3,(H,21,22). The van der Waals surface area contributed by atoms with Crippen LogP contribution in [0.2, 0.25) is 5.02 Å². The Kier molecular flexibility index (Phi) is 4.69. The number of rotatable bonds is 5. The highest BCUT2D eigenvalue weighted by Gasteiger charge is 2.17.